The number of hydrogen-bond acceptors (Lipinski definition) is 5. The SMILES string of the molecule is COC(=O)c1cc(CN(C)C(=O)C2CCCc3[nH]cnc32)oc1C. The highest BCUT2D eigenvalue weighted by molar-refractivity contribution is 5.90. The van der Waals surface area contributed by atoms with E-state index in [9.17, 15) is 9.59 Å². The molecule has 0 aliphatic heterocycles. The molecule has 2 aromatic rings. The van der Waals surface area contributed by atoms with Crippen LogP contribution in [0.1, 0.15) is 52.0 Å². The highest BCUT2D eigenvalue weighted by Crippen LogP contribution is 2.31. The number of esters is 1. The van der Waals surface area contributed by atoms with E-state index >= 15 is 0 Å². The summed E-state index contributed by atoms with van der Waals surface area (Å²) in [7, 11) is 3.06. The van der Waals surface area contributed by atoms with Gasteiger partial charge in [-0.1, -0.05) is 0 Å². The Morgan fingerprint density at radius 1 is 1.50 bits per heavy atom. The predicted octanol–water partition coefficient (Wildman–Crippen LogP) is 2.18. The summed E-state index contributed by atoms with van der Waals surface area (Å²) in [6.45, 7) is 2.00. The lowest BCUT2D eigenvalue weighted by molar-refractivity contribution is -0.132. The van der Waals surface area contributed by atoms with Crippen LogP contribution in [0.25, 0.3) is 0 Å². The molecule has 0 spiro atoms. The molecule has 0 bridgehead atoms. The number of methoxy groups -OCH3 is 1. The van der Waals surface area contributed by atoms with Crippen molar-refractivity contribution in [2.45, 2.75) is 38.6 Å². The van der Waals surface area contributed by atoms with Gasteiger partial charge in [-0.2, -0.15) is 0 Å². The Hall–Kier alpha value is -2.57. The van der Waals surface area contributed by atoms with Crippen molar-refractivity contribution in [3.05, 3.63) is 40.9 Å². The number of aromatic nitrogens is 2. The molecule has 2 aromatic heterocycles. The monoisotopic (exact) mass is 331 g/mol. The van der Waals surface area contributed by atoms with E-state index in [1.807, 2.05) is 0 Å². The minimum atomic E-state index is -0.440. The van der Waals surface area contributed by atoms with Crippen molar-refractivity contribution in [2.75, 3.05) is 14.2 Å². The molecule has 0 saturated heterocycles. The minimum absolute atomic E-state index is 0.0109. The highest BCUT2D eigenvalue weighted by Gasteiger charge is 2.31. The zero-order valence-electron chi connectivity index (χ0n) is 14.1. The maximum atomic E-state index is 12.8. The van der Waals surface area contributed by atoms with Gasteiger partial charge in [0, 0.05) is 12.7 Å². The molecule has 128 valence electrons. The van der Waals surface area contributed by atoms with Crippen molar-refractivity contribution >= 4 is 11.9 Å². The third kappa shape index (κ3) is 2.93. The van der Waals surface area contributed by atoms with Gasteiger partial charge in [0.05, 0.1) is 31.6 Å². The van der Waals surface area contributed by atoms with E-state index in [0.717, 1.165) is 30.7 Å². The van der Waals surface area contributed by atoms with Gasteiger partial charge in [-0.25, -0.2) is 9.78 Å². The van der Waals surface area contributed by atoms with Crippen LogP contribution in [0.4, 0.5) is 0 Å². The number of nitrogens with one attached hydrogen (secondary N) is 1. The fourth-order valence-corrected chi connectivity index (χ4v) is 3.20. The van der Waals surface area contributed by atoms with E-state index in [4.69, 9.17) is 9.15 Å². The number of ether oxygens (including phenoxy) is 1. The molecule has 1 N–H and O–H groups in total. The molecule has 0 aromatic carbocycles. The standard InChI is InChI=1S/C17H21N3O4/c1-10-13(17(22)23-3)7-11(24-10)8-20(2)16(21)12-5-4-6-14-15(12)19-9-18-14/h7,9,12H,4-6,8H2,1-3H3,(H,18,19). The van der Waals surface area contributed by atoms with Gasteiger partial charge in [-0.15, -0.1) is 0 Å². The Morgan fingerprint density at radius 3 is 3.04 bits per heavy atom. The van der Waals surface area contributed by atoms with Gasteiger partial charge in [0.25, 0.3) is 0 Å². The number of aromatic amines is 1. The molecular weight excluding hydrogens is 310 g/mol. The lowest BCUT2D eigenvalue weighted by atomic mass is 9.89. The van der Waals surface area contributed by atoms with Crippen LogP contribution < -0.4 is 0 Å². The Morgan fingerprint density at radius 2 is 2.29 bits per heavy atom. The second-order valence-electron chi connectivity index (χ2n) is 6.08. The second-order valence-corrected chi connectivity index (χ2v) is 6.08. The third-order valence-electron chi connectivity index (χ3n) is 4.44. The van der Waals surface area contributed by atoms with Gasteiger partial charge in [-0.3, -0.25) is 4.79 Å². The molecule has 1 amide bonds. The summed E-state index contributed by atoms with van der Waals surface area (Å²) in [5.41, 5.74) is 2.29. The average molecular weight is 331 g/mol. The number of imidazole rings is 1. The number of H-pyrrole nitrogens is 1. The van der Waals surface area contributed by atoms with Crippen molar-refractivity contribution < 1.29 is 18.7 Å². The van der Waals surface area contributed by atoms with Crippen LogP contribution in [-0.2, 0) is 22.5 Å². The molecule has 24 heavy (non-hydrogen) atoms. The highest BCUT2D eigenvalue weighted by atomic mass is 16.5. The number of likely N-dealkylation sites (N-methyl/N-ethyl adjacent to an activating group) is 1. The van der Waals surface area contributed by atoms with Crippen LogP contribution in [0.5, 0.6) is 0 Å². The van der Waals surface area contributed by atoms with Gasteiger partial charge in [0.2, 0.25) is 5.91 Å². The number of fused-ring (bicyclic) bond motifs is 1. The zero-order valence-corrected chi connectivity index (χ0v) is 14.1. The molecule has 1 atom stereocenters. The summed E-state index contributed by atoms with van der Waals surface area (Å²) in [6.07, 6.45) is 4.34. The molecule has 1 aliphatic carbocycles. The quantitative estimate of drug-likeness (QED) is 0.868. The van der Waals surface area contributed by atoms with Crippen molar-refractivity contribution in [2.24, 2.45) is 0 Å². The van der Waals surface area contributed by atoms with E-state index in [2.05, 4.69) is 9.97 Å². The topological polar surface area (TPSA) is 88.4 Å². The summed E-state index contributed by atoms with van der Waals surface area (Å²) in [4.78, 5) is 33.5. The number of carbonyl (C=O) groups excluding carboxylic acids is 2. The maximum Gasteiger partial charge on any atom is 0.341 e. The fraction of sp³-hybridized carbons (Fsp3) is 0.471. The number of hydrogen-bond donors (Lipinski definition) is 1. The van der Waals surface area contributed by atoms with Gasteiger partial charge >= 0.3 is 5.97 Å². The van der Waals surface area contributed by atoms with Crippen molar-refractivity contribution in [1.29, 1.82) is 0 Å². The van der Waals surface area contributed by atoms with Gasteiger partial charge in [0.15, 0.2) is 0 Å². The summed E-state index contributed by atoms with van der Waals surface area (Å²) in [5, 5.41) is 0. The summed E-state index contributed by atoms with van der Waals surface area (Å²) < 4.78 is 10.3. The second kappa shape index (κ2) is 6.51. The van der Waals surface area contributed by atoms with Gasteiger partial charge in [-0.05, 0) is 32.3 Å². The molecule has 0 saturated carbocycles. The first-order valence-corrected chi connectivity index (χ1v) is 7.96. The molecule has 1 aliphatic rings. The Labute approximate surface area is 140 Å². The lowest BCUT2D eigenvalue weighted by Gasteiger charge is -2.25. The van der Waals surface area contributed by atoms with Crippen molar-refractivity contribution in [3.8, 4) is 0 Å². The predicted molar refractivity (Wildman–Crippen MR) is 85.5 cm³/mol. The minimum Gasteiger partial charge on any atom is -0.465 e. The van der Waals surface area contributed by atoms with E-state index < -0.39 is 5.97 Å². The maximum absolute atomic E-state index is 12.8. The summed E-state index contributed by atoms with van der Waals surface area (Å²) >= 11 is 0. The number of nitrogens with zero attached hydrogens (tertiary/aromatic N) is 2. The van der Waals surface area contributed by atoms with Crippen LogP contribution >= 0.6 is 0 Å². The van der Waals surface area contributed by atoms with Crippen LogP contribution in [0.2, 0.25) is 0 Å². The molecule has 2 heterocycles. The lowest BCUT2D eigenvalue weighted by Crippen LogP contribution is -2.33. The molecule has 1 unspecified atom stereocenters. The van der Waals surface area contributed by atoms with Crippen LogP contribution in [0.15, 0.2) is 16.8 Å². The van der Waals surface area contributed by atoms with E-state index in [1.54, 1.807) is 31.3 Å². The van der Waals surface area contributed by atoms with Gasteiger partial charge in [0.1, 0.15) is 17.1 Å². The Kier molecular flexibility index (Phi) is 4.42. The zero-order chi connectivity index (χ0) is 17.3. The van der Waals surface area contributed by atoms with Crippen LogP contribution in [0, 0.1) is 6.92 Å². The van der Waals surface area contributed by atoms with E-state index in [0.29, 0.717) is 23.6 Å². The smallest absolute Gasteiger partial charge is 0.341 e. The summed E-state index contributed by atoms with van der Waals surface area (Å²) in [5.74, 6) is 0.398. The molecular formula is C17H21N3O4. The first kappa shape index (κ1) is 16.3. The third-order valence-corrected chi connectivity index (χ3v) is 4.44. The number of aryl methyl sites for hydroxylation is 2. The number of rotatable bonds is 4. The van der Waals surface area contributed by atoms with Crippen molar-refractivity contribution in [3.63, 3.8) is 0 Å². The first-order valence-electron chi connectivity index (χ1n) is 7.96. The molecule has 3 rings (SSSR count). The molecule has 7 nitrogen and oxygen atoms in total. The fourth-order valence-electron chi connectivity index (χ4n) is 3.20. The number of carbonyl (C=O) groups is 2. The largest absolute Gasteiger partial charge is 0.465 e. The normalized spacial score (nSPS) is 16.5. The molecule has 0 radical (unpaired) electrons. The number of furan rings is 1. The van der Waals surface area contributed by atoms with E-state index in [1.165, 1.54) is 7.11 Å². The van der Waals surface area contributed by atoms with Crippen LogP contribution in [-0.4, -0.2) is 40.9 Å². The van der Waals surface area contributed by atoms with Crippen molar-refractivity contribution in [1.82, 2.24) is 14.9 Å². The van der Waals surface area contributed by atoms with Gasteiger partial charge < -0.3 is 19.0 Å². The first-order chi connectivity index (χ1) is 11.5. The van der Waals surface area contributed by atoms with Crippen LogP contribution in [0.3, 0.4) is 0 Å². The summed E-state index contributed by atoms with van der Waals surface area (Å²) in [6, 6.07) is 1.63. The Bertz CT molecular complexity index is 762. The Balaban J connectivity index is 1.73. The molecule has 7 heteroatoms. The number of amides is 1. The average Bonchev–Trinajstić information content (AvgIpc) is 3.19. The molecule has 0 fully saturated rings. The van der Waals surface area contributed by atoms with E-state index in [-0.39, 0.29) is 11.8 Å².